The van der Waals surface area contributed by atoms with Crippen molar-refractivity contribution in [3.63, 3.8) is 0 Å². The second-order valence-corrected chi connectivity index (χ2v) is 10.3. The highest BCUT2D eigenvalue weighted by molar-refractivity contribution is 8.00. The van der Waals surface area contributed by atoms with Crippen molar-refractivity contribution >= 4 is 63.6 Å². The first-order valence-corrected chi connectivity index (χ1v) is 13.6. The molecule has 2 aliphatic heterocycles. The Morgan fingerprint density at radius 3 is 2.58 bits per heavy atom. The molecule has 206 valence electrons. The number of allylic oxidation sites excluding steroid dienone is 1. The van der Waals surface area contributed by atoms with Crippen molar-refractivity contribution in [2.75, 3.05) is 39.0 Å². The number of carbonyl (C=O) groups excluding carboxylic acids is 5. The lowest BCUT2D eigenvalue weighted by Crippen LogP contribution is -2.70. The van der Waals surface area contributed by atoms with Crippen LogP contribution >= 0.6 is 23.1 Å². The van der Waals surface area contributed by atoms with E-state index >= 15 is 0 Å². The van der Waals surface area contributed by atoms with Gasteiger partial charge >= 0.3 is 18.0 Å². The number of aromatic nitrogens is 1. The first-order valence-electron chi connectivity index (χ1n) is 11.6. The minimum Gasteiger partial charge on any atom is -0.445 e. The second kappa shape index (κ2) is 12.8. The van der Waals surface area contributed by atoms with Gasteiger partial charge in [-0.3, -0.25) is 19.3 Å². The van der Waals surface area contributed by atoms with Crippen LogP contribution in [0, 0.1) is 0 Å². The number of thiazole rings is 1. The number of ether oxygens (including phenoxy) is 3. The summed E-state index contributed by atoms with van der Waals surface area (Å²) in [5, 5.41) is 4.09. The number of rotatable bonds is 10. The Bertz CT molecular complexity index is 1180. The van der Waals surface area contributed by atoms with E-state index in [-0.39, 0.29) is 30.1 Å². The predicted octanol–water partition coefficient (Wildman–Crippen LogP) is 1.32. The highest BCUT2D eigenvalue weighted by atomic mass is 32.2. The number of nitrogens with one attached hydrogen (secondary N) is 1. The van der Waals surface area contributed by atoms with E-state index in [9.17, 15) is 24.0 Å². The van der Waals surface area contributed by atoms with Crippen LogP contribution in [-0.2, 0) is 33.4 Å². The minimum absolute atomic E-state index is 0.0959. The summed E-state index contributed by atoms with van der Waals surface area (Å²) in [7, 11) is 3.01. The molecule has 1 aromatic rings. The average molecular weight is 568 g/mol. The molecule has 1 aromatic heterocycles. The molecule has 0 aliphatic carbocycles. The first-order chi connectivity index (χ1) is 18.1. The third-order valence-corrected chi connectivity index (χ3v) is 7.43. The standard InChI is InChI=1S/C23H29N5O8S2/c1-5-7-13(14-10-38-22(24)25-14)18(30)26-16-19(31)28-17(21(32)36-11-35-15(29)6-2)12(9-37-20(16)28)8-34-23(33)27(3)4/h7,10,16,20H,5-6,8-9,11H2,1-4H3,(H2,24,25)(H,26,30)/b13-7+. The van der Waals surface area contributed by atoms with Crippen LogP contribution in [0.2, 0.25) is 0 Å². The van der Waals surface area contributed by atoms with Gasteiger partial charge in [-0.25, -0.2) is 14.6 Å². The third-order valence-electron chi connectivity index (χ3n) is 5.41. The summed E-state index contributed by atoms with van der Waals surface area (Å²) in [5.41, 5.74) is 6.64. The van der Waals surface area contributed by atoms with Crippen molar-refractivity contribution in [3.8, 4) is 0 Å². The Labute approximate surface area is 227 Å². The molecule has 38 heavy (non-hydrogen) atoms. The summed E-state index contributed by atoms with van der Waals surface area (Å²) >= 11 is 2.49. The third kappa shape index (κ3) is 6.45. The lowest BCUT2D eigenvalue weighted by molar-refractivity contribution is -0.167. The Balaban J connectivity index is 1.79. The van der Waals surface area contributed by atoms with E-state index < -0.39 is 48.1 Å². The van der Waals surface area contributed by atoms with Crippen LogP contribution in [0.1, 0.15) is 32.4 Å². The van der Waals surface area contributed by atoms with Gasteiger partial charge in [0.1, 0.15) is 23.7 Å². The zero-order valence-electron chi connectivity index (χ0n) is 21.3. The van der Waals surface area contributed by atoms with Crippen LogP contribution in [0.15, 0.2) is 22.7 Å². The molecule has 15 heteroatoms. The van der Waals surface area contributed by atoms with Crippen LogP contribution in [0.5, 0.6) is 0 Å². The van der Waals surface area contributed by atoms with E-state index in [1.165, 1.54) is 47.0 Å². The predicted molar refractivity (Wildman–Crippen MR) is 139 cm³/mol. The van der Waals surface area contributed by atoms with Crippen molar-refractivity contribution in [1.82, 2.24) is 20.1 Å². The molecule has 2 aliphatic rings. The number of amides is 3. The van der Waals surface area contributed by atoms with Crippen LogP contribution in [0.25, 0.3) is 5.57 Å². The molecule has 0 radical (unpaired) electrons. The highest BCUT2D eigenvalue weighted by Crippen LogP contribution is 2.41. The van der Waals surface area contributed by atoms with E-state index in [0.717, 1.165) is 0 Å². The van der Waals surface area contributed by atoms with Crippen molar-refractivity contribution in [2.24, 2.45) is 0 Å². The Hall–Kier alpha value is -3.59. The van der Waals surface area contributed by atoms with Crippen molar-refractivity contribution in [2.45, 2.75) is 38.1 Å². The largest absolute Gasteiger partial charge is 0.445 e. The van der Waals surface area contributed by atoms with Crippen LogP contribution < -0.4 is 11.1 Å². The zero-order valence-corrected chi connectivity index (χ0v) is 23.0. The fourth-order valence-electron chi connectivity index (χ4n) is 3.53. The van der Waals surface area contributed by atoms with Gasteiger partial charge in [-0.1, -0.05) is 19.9 Å². The van der Waals surface area contributed by atoms with Crippen molar-refractivity contribution in [3.05, 3.63) is 28.4 Å². The van der Waals surface area contributed by atoms with Gasteiger partial charge in [0.2, 0.25) is 6.79 Å². The number of nitrogen functional groups attached to an aromatic ring is 1. The number of nitrogens with zero attached hydrogens (tertiary/aromatic N) is 3. The molecule has 0 aromatic carbocycles. The van der Waals surface area contributed by atoms with Gasteiger partial charge in [0.25, 0.3) is 11.8 Å². The molecule has 2 unspecified atom stereocenters. The molecule has 0 bridgehead atoms. The van der Waals surface area contributed by atoms with Crippen molar-refractivity contribution < 1.29 is 38.2 Å². The summed E-state index contributed by atoms with van der Waals surface area (Å²) in [6.45, 7) is 2.55. The van der Waals surface area contributed by atoms with E-state index in [4.69, 9.17) is 19.9 Å². The van der Waals surface area contributed by atoms with Gasteiger partial charge in [0, 0.05) is 37.2 Å². The number of nitrogens with two attached hydrogens (primary N) is 1. The normalized spacial score (nSPS) is 18.8. The molecule has 0 spiro atoms. The number of hydrogen-bond donors (Lipinski definition) is 2. The SMILES string of the molecule is CC/C=C(/C(=O)NC1C(=O)N2C(C(=O)OCOC(=O)CC)=C(COC(=O)N(C)C)CSC12)c1csc(N)n1. The number of anilines is 1. The molecular formula is C23H29N5O8S2. The van der Waals surface area contributed by atoms with Crippen LogP contribution in [0.3, 0.4) is 0 Å². The monoisotopic (exact) mass is 567 g/mol. The van der Waals surface area contributed by atoms with Gasteiger partial charge < -0.3 is 30.2 Å². The molecular weight excluding hydrogens is 538 g/mol. The number of thioether (sulfide) groups is 1. The molecule has 3 rings (SSSR count). The Morgan fingerprint density at radius 1 is 1.24 bits per heavy atom. The summed E-state index contributed by atoms with van der Waals surface area (Å²) in [5.74, 6) is -2.30. The molecule has 2 atom stereocenters. The van der Waals surface area contributed by atoms with Crippen LogP contribution in [-0.4, -0.2) is 89.3 Å². The van der Waals surface area contributed by atoms with E-state index in [1.54, 1.807) is 18.4 Å². The Morgan fingerprint density at radius 2 is 1.97 bits per heavy atom. The molecule has 3 N–H and O–H groups in total. The topological polar surface area (TPSA) is 170 Å². The maximum atomic E-state index is 13.2. The van der Waals surface area contributed by atoms with E-state index in [0.29, 0.717) is 22.8 Å². The summed E-state index contributed by atoms with van der Waals surface area (Å²) in [6, 6.07) is -0.921. The quantitative estimate of drug-likeness (QED) is 0.181. The molecule has 13 nitrogen and oxygen atoms in total. The van der Waals surface area contributed by atoms with Crippen molar-refractivity contribution in [1.29, 1.82) is 0 Å². The number of carbonyl (C=O) groups is 5. The Kier molecular flexibility index (Phi) is 9.74. The lowest BCUT2D eigenvalue weighted by atomic mass is 10.0. The molecule has 1 saturated heterocycles. The number of esters is 2. The maximum Gasteiger partial charge on any atom is 0.409 e. The number of fused-ring (bicyclic) bond motifs is 1. The second-order valence-electron chi connectivity index (χ2n) is 8.28. The van der Waals surface area contributed by atoms with Gasteiger partial charge in [0.05, 0.1) is 11.3 Å². The van der Waals surface area contributed by atoms with Gasteiger partial charge in [0.15, 0.2) is 5.13 Å². The van der Waals surface area contributed by atoms with Crippen LogP contribution in [0.4, 0.5) is 9.93 Å². The summed E-state index contributed by atoms with van der Waals surface area (Å²) in [6.07, 6.45) is 1.71. The smallest absolute Gasteiger partial charge is 0.409 e. The van der Waals surface area contributed by atoms with Gasteiger partial charge in [-0.05, 0) is 6.42 Å². The summed E-state index contributed by atoms with van der Waals surface area (Å²) in [4.78, 5) is 69.1. The molecule has 1 fully saturated rings. The zero-order chi connectivity index (χ0) is 28.0. The minimum atomic E-state index is -0.921. The number of β-lactam (4-membered cyclic amide) rings is 1. The fourth-order valence-corrected chi connectivity index (χ4v) is 5.42. The average Bonchev–Trinajstić information content (AvgIpc) is 3.33. The highest BCUT2D eigenvalue weighted by Gasteiger charge is 2.54. The van der Waals surface area contributed by atoms with E-state index in [1.807, 2.05) is 6.92 Å². The fraction of sp³-hybridized carbons (Fsp3) is 0.478. The number of hydrogen-bond acceptors (Lipinski definition) is 12. The molecule has 0 saturated carbocycles. The summed E-state index contributed by atoms with van der Waals surface area (Å²) < 4.78 is 15.1. The maximum absolute atomic E-state index is 13.2. The lowest BCUT2D eigenvalue weighted by Gasteiger charge is -2.49. The molecule has 3 amide bonds. The van der Waals surface area contributed by atoms with E-state index in [2.05, 4.69) is 10.3 Å². The first kappa shape index (κ1) is 29.0. The molecule has 3 heterocycles. The van der Waals surface area contributed by atoms with Gasteiger partial charge in [-0.2, -0.15) is 0 Å². The van der Waals surface area contributed by atoms with Gasteiger partial charge in [-0.15, -0.1) is 23.1 Å².